The molecular weight excluding hydrogens is 216 g/mol. The summed E-state index contributed by atoms with van der Waals surface area (Å²) in [6, 6.07) is -0.709. The highest BCUT2D eigenvalue weighted by Crippen LogP contribution is 2.36. The van der Waals surface area contributed by atoms with E-state index in [2.05, 4.69) is 12.2 Å². The quantitative estimate of drug-likeness (QED) is 0.751. The van der Waals surface area contributed by atoms with Crippen molar-refractivity contribution in [2.45, 2.75) is 70.5 Å². The summed E-state index contributed by atoms with van der Waals surface area (Å²) in [6.07, 6.45) is 5.59. The number of hydrogen-bond donors (Lipinski definition) is 1. The molecule has 0 aromatic heterocycles. The van der Waals surface area contributed by atoms with E-state index in [1.807, 2.05) is 11.8 Å². The normalized spacial score (nSPS) is 33.5. The van der Waals surface area contributed by atoms with Crippen LogP contribution in [0.3, 0.4) is 0 Å². The molecule has 1 aliphatic carbocycles. The highest BCUT2D eigenvalue weighted by molar-refractivity contribution is 5.96. The molecule has 2 unspecified atom stereocenters. The van der Waals surface area contributed by atoms with Crippen molar-refractivity contribution in [1.82, 2.24) is 10.2 Å². The van der Waals surface area contributed by atoms with Crippen molar-refractivity contribution in [2.24, 2.45) is 0 Å². The fraction of sp³-hybridized carbons (Fsp3) is 0.846. The van der Waals surface area contributed by atoms with E-state index in [9.17, 15) is 9.59 Å². The minimum Gasteiger partial charge on any atom is -0.343 e. The van der Waals surface area contributed by atoms with Crippen LogP contribution >= 0.6 is 0 Å². The summed E-state index contributed by atoms with van der Waals surface area (Å²) >= 11 is 0. The predicted molar refractivity (Wildman–Crippen MR) is 65.4 cm³/mol. The average Bonchev–Trinajstić information content (AvgIpc) is 2.27. The van der Waals surface area contributed by atoms with Gasteiger partial charge in [-0.2, -0.15) is 0 Å². The summed E-state index contributed by atoms with van der Waals surface area (Å²) in [5.41, 5.74) is -0.124. The van der Waals surface area contributed by atoms with Gasteiger partial charge >= 0.3 is 0 Å². The average molecular weight is 238 g/mol. The summed E-state index contributed by atoms with van der Waals surface area (Å²) < 4.78 is 0. The van der Waals surface area contributed by atoms with Crippen LogP contribution in [0.5, 0.6) is 0 Å². The van der Waals surface area contributed by atoms with Crippen LogP contribution in [0.1, 0.15) is 52.9 Å². The second-order valence-electron chi connectivity index (χ2n) is 5.67. The van der Waals surface area contributed by atoms with Gasteiger partial charge in [-0.25, -0.2) is 0 Å². The van der Waals surface area contributed by atoms with Gasteiger partial charge in [-0.3, -0.25) is 9.59 Å². The van der Waals surface area contributed by atoms with Crippen LogP contribution in [0.25, 0.3) is 0 Å². The molecule has 0 radical (unpaired) electrons. The Bertz CT molecular complexity index is 334. The molecule has 1 N–H and O–H groups in total. The molecule has 1 saturated heterocycles. The van der Waals surface area contributed by atoms with Crippen LogP contribution in [0, 0.1) is 0 Å². The first kappa shape index (κ1) is 12.4. The van der Waals surface area contributed by atoms with Gasteiger partial charge in [-0.1, -0.05) is 19.3 Å². The molecular formula is C13H22N2O2. The Morgan fingerprint density at radius 2 is 1.76 bits per heavy atom. The van der Waals surface area contributed by atoms with Crippen LogP contribution in [0.2, 0.25) is 0 Å². The van der Waals surface area contributed by atoms with E-state index in [0.29, 0.717) is 0 Å². The number of nitrogens with one attached hydrogen (secondary N) is 1. The van der Waals surface area contributed by atoms with Crippen LogP contribution in [0.4, 0.5) is 0 Å². The third-order valence-corrected chi connectivity index (χ3v) is 4.25. The zero-order valence-electron chi connectivity index (χ0n) is 11.0. The van der Waals surface area contributed by atoms with Gasteiger partial charge in [0.2, 0.25) is 11.8 Å². The van der Waals surface area contributed by atoms with Crippen LogP contribution in [-0.4, -0.2) is 34.3 Å². The fourth-order valence-electron chi connectivity index (χ4n) is 3.20. The van der Waals surface area contributed by atoms with Gasteiger partial charge in [0, 0.05) is 5.54 Å². The van der Waals surface area contributed by atoms with Gasteiger partial charge in [-0.15, -0.1) is 0 Å². The first-order valence-corrected chi connectivity index (χ1v) is 6.59. The van der Waals surface area contributed by atoms with E-state index in [0.717, 1.165) is 25.7 Å². The smallest absolute Gasteiger partial charge is 0.245 e. The molecule has 2 amide bonds. The number of amides is 2. The fourth-order valence-corrected chi connectivity index (χ4v) is 3.20. The number of carbonyl (C=O) groups is 2. The molecule has 96 valence electrons. The minimum absolute atomic E-state index is 0.0242. The Hall–Kier alpha value is -1.06. The van der Waals surface area contributed by atoms with E-state index in [1.54, 1.807) is 6.92 Å². The van der Waals surface area contributed by atoms with Crippen LogP contribution < -0.4 is 5.32 Å². The van der Waals surface area contributed by atoms with Crippen molar-refractivity contribution in [3.63, 3.8) is 0 Å². The monoisotopic (exact) mass is 238 g/mol. The van der Waals surface area contributed by atoms with Gasteiger partial charge in [-0.05, 0) is 33.6 Å². The molecule has 4 heteroatoms. The van der Waals surface area contributed by atoms with Crippen molar-refractivity contribution in [3.8, 4) is 0 Å². The van der Waals surface area contributed by atoms with Gasteiger partial charge in [0.05, 0.1) is 0 Å². The summed E-state index contributed by atoms with van der Waals surface area (Å²) in [5, 5.41) is 2.73. The standard InChI is InChI=1S/C13H22N2O2/c1-9-12(17)15(10(2)11(16)14-9)13(3)7-5-4-6-8-13/h9-10H,4-8H2,1-3H3,(H,14,16). The Morgan fingerprint density at radius 3 is 2.35 bits per heavy atom. The largest absolute Gasteiger partial charge is 0.343 e. The Balaban J connectivity index is 2.26. The lowest BCUT2D eigenvalue weighted by molar-refractivity contribution is -0.156. The van der Waals surface area contributed by atoms with E-state index in [-0.39, 0.29) is 29.4 Å². The van der Waals surface area contributed by atoms with Crippen LogP contribution in [0.15, 0.2) is 0 Å². The zero-order valence-corrected chi connectivity index (χ0v) is 11.0. The highest BCUT2D eigenvalue weighted by Gasteiger charge is 2.45. The third kappa shape index (κ3) is 2.05. The maximum atomic E-state index is 12.3. The lowest BCUT2D eigenvalue weighted by Crippen LogP contribution is -2.67. The number of nitrogens with zero attached hydrogens (tertiary/aromatic N) is 1. The molecule has 0 aromatic carbocycles. The molecule has 1 saturated carbocycles. The molecule has 1 heterocycles. The summed E-state index contributed by atoms with van der Waals surface area (Å²) in [6.45, 7) is 5.73. The maximum Gasteiger partial charge on any atom is 0.245 e. The molecule has 2 fully saturated rings. The molecule has 0 aromatic rings. The van der Waals surface area contributed by atoms with Gasteiger partial charge in [0.1, 0.15) is 12.1 Å². The maximum absolute atomic E-state index is 12.3. The highest BCUT2D eigenvalue weighted by atomic mass is 16.2. The van der Waals surface area contributed by atoms with E-state index < -0.39 is 0 Å². The molecule has 4 nitrogen and oxygen atoms in total. The molecule has 0 spiro atoms. The zero-order chi connectivity index (χ0) is 12.6. The van der Waals surface area contributed by atoms with Crippen molar-refractivity contribution in [3.05, 3.63) is 0 Å². The van der Waals surface area contributed by atoms with E-state index >= 15 is 0 Å². The Kier molecular flexibility index (Phi) is 3.15. The second-order valence-corrected chi connectivity index (χ2v) is 5.67. The molecule has 1 aliphatic heterocycles. The number of carbonyl (C=O) groups excluding carboxylic acids is 2. The SMILES string of the molecule is CC1NC(=O)C(C)N(C2(C)CCCCC2)C1=O. The van der Waals surface area contributed by atoms with Crippen molar-refractivity contribution in [2.75, 3.05) is 0 Å². The first-order chi connectivity index (χ1) is 7.96. The number of hydrogen-bond acceptors (Lipinski definition) is 2. The first-order valence-electron chi connectivity index (χ1n) is 6.59. The minimum atomic E-state index is -0.377. The topological polar surface area (TPSA) is 49.4 Å². The van der Waals surface area contributed by atoms with Crippen molar-refractivity contribution in [1.29, 1.82) is 0 Å². The third-order valence-electron chi connectivity index (χ3n) is 4.25. The molecule has 17 heavy (non-hydrogen) atoms. The summed E-state index contributed by atoms with van der Waals surface area (Å²) in [7, 11) is 0. The lowest BCUT2D eigenvalue weighted by atomic mass is 9.80. The van der Waals surface area contributed by atoms with Gasteiger partial charge < -0.3 is 10.2 Å². The number of piperazine rings is 1. The van der Waals surface area contributed by atoms with Crippen LogP contribution in [-0.2, 0) is 9.59 Å². The molecule has 2 rings (SSSR count). The molecule has 2 atom stereocenters. The Morgan fingerprint density at radius 1 is 1.18 bits per heavy atom. The van der Waals surface area contributed by atoms with Crippen molar-refractivity contribution >= 4 is 11.8 Å². The van der Waals surface area contributed by atoms with Crippen molar-refractivity contribution < 1.29 is 9.59 Å². The summed E-state index contributed by atoms with van der Waals surface area (Å²) in [4.78, 5) is 26.0. The van der Waals surface area contributed by atoms with E-state index in [1.165, 1.54) is 6.42 Å². The molecule has 2 aliphatic rings. The summed E-state index contributed by atoms with van der Waals surface area (Å²) in [5.74, 6) is 0.0467. The lowest BCUT2D eigenvalue weighted by Gasteiger charge is -2.49. The van der Waals surface area contributed by atoms with Gasteiger partial charge in [0.25, 0.3) is 0 Å². The molecule has 0 bridgehead atoms. The second kappa shape index (κ2) is 4.31. The predicted octanol–water partition coefficient (Wildman–Crippen LogP) is 1.44. The Labute approximate surface area is 103 Å². The number of rotatable bonds is 1. The van der Waals surface area contributed by atoms with E-state index in [4.69, 9.17) is 0 Å². The van der Waals surface area contributed by atoms with Gasteiger partial charge in [0.15, 0.2) is 0 Å².